The molecule has 1 aliphatic heterocycles. The second kappa shape index (κ2) is 8.93. The second-order valence-electron chi connectivity index (χ2n) is 6.17. The van der Waals surface area contributed by atoms with Gasteiger partial charge in [-0.25, -0.2) is 9.65 Å². The fourth-order valence-electron chi connectivity index (χ4n) is 2.45. The van der Waals surface area contributed by atoms with Crippen LogP contribution in [0.1, 0.15) is 20.8 Å². The topological polar surface area (TPSA) is 67.9 Å². The van der Waals surface area contributed by atoms with Gasteiger partial charge in [-0.2, -0.15) is 0 Å². The Morgan fingerprint density at radius 1 is 1.38 bits per heavy atom. The van der Waals surface area contributed by atoms with Gasteiger partial charge in [0.2, 0.25) is 0 Å². The summed E-state index contributed by atoms with van der Waals surface area (Å²) >= 11 is 12.8. The quantitative estimate of drug-likeness (QED) is 0.384. The largest absolute Gasteiger partial charge is 0.468 e. The summed E-state index contributed by atoms with van der Waals surface area (Å²) in [7, 11) is -2.44. The lowest BCUT2D eigenvalue weighted by Crippen LogP contribution is -2.44. The Hall–Kier alpha value is -0.790. The van der Waals surface area contributed by atoms with Crippen molar-refractivity contribution < 1.29 is 18.6 Å². The molecule has 10 heteroatoms. The van der Waals surface area contributed by atoms with E-state index >= 15 is 0 Å². The van der Waals surface area contributed by atoms with Crippen molar-refractivity contribution >= 4 is 53.5 Å². The molecule has 1 saturated heterocycles. The highest BCUT2D eigenvalue weighted by atomic mass is 35.5. The summed E-state index contributed by atoms with van der Waals surface area (Å²) < 4.78 is 26.6. The van der Waals surface area contributed by atoms with E-state index in [1.54, 1.807) is 35.9 Å². The number of benzene rings is 1. The summed E-state index contributed by atoms with van der Waals surface area (Å²) in [6, 6.07) is 5.61. The molecule has 2 rings (SSSR count). The zero-order valence-electron chi connectivity index (χ0n) is 15.0. The number of esters is 1. The highest BCUT2D eigenvalue weighted by Gasteiger charge is 2.47. The van der Waals surface area contributed by atoms with Gasteiger partial charge in [-0.05, 0) is 37.1 Å². The number of hydrogen-bond acceptors (Lipinski definition) is 6. The van der Waals surface area contributed by atoms with Crippen LogP contribution < -0.4 is 9.61 Å². The maximum Gasteiger partial charge on any atom is 0.421 e. The lowest BCUT2D eigenvalue weighted by molar-refractivity contribution is -0.142. The molecule has 0 saturated carbocycles. The minimum atomic E-state index is -3.72. The van der Waals surface area contributed by atoms with E-state index in [2.05, 4.69) is 5.09 Å². The molecule has 0 aromatic heterocycles. The number of carbonyl (C=O) groups is 1. The Labute approximate surface area is 168 Å². The maximum atomic E-state index is 13.9. The maximum absolute atomic E-state index is 13.9. The monoisotopic (exact) mass is 436 g/mol. The zero-order valence-corrected chi connectivity index (χ0v) is 18.3. The number of thiocarbonyl (C=S) groups is 1. The molecule has 1 aromatic carbocycles. The third kappa shape index (κ3) is 4.93. The standard InChI is InChI=1S/C16H22ClN2O4PS2/c1-10(2)14-9-26-16(25)19(14)24(21,18-11(3)15(20)22-4)23-13-7-5-12(17)6-8-13/h5-8,10-11,14H,9H2,1-4H3,(H,18,21)/t11-,14+,24-/m0/s1. The molecule has 1 heterocycles. The Bertz CT molecular complexity index is 717. The van der Waals surface area contributed by atoms with Crippen LogP contribution in [-0.2, 0) is 14.1 Å². The predicted molar refractivity (Wildman–Crippen MR) is 110 cm³/mol. The minimum Gasteiger partial charge on any atom is -0.468 e. The van der Waals surface area contributed by atoms with Gasteiger partial charge in [0.1, 0.15) is 16.1 Å². The average molecular weight is 437 g/mol. The third-order valence-electron chi connectivity index (χ3n) is 3.89. The normalized spacial score (nSPS) is 20.8. The number of nitrogens with one attached hydrogen (secondary N) is 1. The van der Waals surface area contributed by atoms with Crippen LogP contribution in [0.5, 0.6) is 5.75 Å². The molecule has 0 radical (unpaired) electrons. The number of halogens is 1. The Morgan fingerprint density at radius 2 is 2.00 bits per heavy atom. The van der Waals surface area contributed by atoms with E-state index in [9.17, 15) is 9.36 Å². The van der Waals surface area contributed by atoms with E-state index in [0.717, 1.165) is 0 Å². The van der Waals surface area contributed by atoms with Crippen molar-refractivity contribution in [1.29, 1.82) is 0 Å². The van der Waals surface area contributed by atoms with Crippen molar-refractivity contribution in [3.63, 3.8) is 0 Å². The number of nitrogens with zero attached hydrogens (tertiary/aromatic N) is 1. The van der Waals surface area contributed by atoms with Crippen molar-refractivity contribution in [2.24, 2.45) is 5.92 Å². The van der Waals surface area contributed by atoms with Crippen LogP contribution in [0, 0.1) is 5.92 Å². The molecule has 0 amide bonds. The minimum absolute atomic E-state index is 0.0806. The van der Waals surface area contributed by atoms with E-state index in [1.807, 2.05) is 13.8 Å². The molecule has 0 spiro atoms. The molecule has 26 heavy (non-hydrogen) atoms. The molecule has 1 N–H and O–H groups in total. The summed E-state index contributed by atoms with van der Waals surface area (Å²) in [5, 5.41) is 3.35. The molecule has 6 nitrogen and oxygen atoms in total. The van der Waals surface area contributed by atoms with Gasteiger partial charge in [-0.15, -0.1) is 0 Å². The smallest absolute Gasteiger partial charge is 0.421 e. The predicted octanol–water partition coefficient (Wildman–Crippen LogP) is 4.34. The van der Waals surface area contributed by atoms with E-state index in [-0.39, 0.29) is 12.0 Å². The molecule has 1 aromatic rings. The van der Waals surface area contributed by atoms with Crippen molar-refractivity contribution in [2.45, 2.75) is 32.9 Å². The fraction of sp³-hybridized carbons (Fsp3) is 0.500. The first kappa shape index (κ1) is 21.5. The van der Waals surface area contributed by atoms with Crippen molar-refractivity contribution in [3.05, 3.63) is 29.3 Å². The van der Waals surface area contributed by atoms with Gasteiger partial charge >= 0.3 is 13.6 Å². The zero-order chi connectivity index (χ0) is 19.5. The number of rotatable bonds is 7. The number of ether oxygens (including phenoxy) is 1. The Morgan fingerprint density at radius 3 is 2.54 bits per heavy atom. The average Bonchev–Trinajstić information content (AvgIpc) is 2.98. The van der Waals surface area contributed by atoms with Crippen molar-refractivity contribution in [1.82, 2.24) is 9.76 Å². The van der Waals surface area contributed by atoms with E-state index in [1.165, 1.54) is 18.9 Å². The van der Waals surface area contributed by atoms with E-state index < -0.39 is 19.7 Å². The van der Waals surface area contributed by atoms with Gasteiger partial charge < -0.3 is 9.26 Å². The van der Waals surface area contributed by atoms with Gasteiger partial charge in [0.15, 0.2) is 0 Å². The number of hydrogen-bond donors (Lipinski definition) is 1. The van der Waals surface area contributed by atoms with Crippen molar-refractivity contribution in [2.75, 3.05) is 12.9 Å². The van der Waals surface area contributed by atoms with Crippen molar-refractivity contribution in [3.8, 4) is 5.75 Å². The molecule has 0 bridgehead atoms. The SMILES string of the molecule is COC(=O)[C@H](C)N[P@](=O)(Oc1ccc(Cl)cc1)N1C(=S)SC[C@@H]1C(C)C. The van der Waals surface area contributed by atoms with Crippen LogP contribution in [0.25, 0.3) is 0 Å². The lowest BCUT2D eigenvalue weighted by atomic mass is 10.1. The Balaban J connectivity index is 2.39. The molecule has 1 fully saturated rings. The number of thioether (sulfide) groups is 1. The summed E-state index contributed by atoms with van der Waals surface area (Å²) in [5.74, 6) is 0.729. The van der Waals surface area contributed by atoms with E-state index in [0.29, 0.717) is 20.8 Å². The van der Waals surface area contributed by atoms with Crippen LogP contribution in [0.2, 0.25) is 5.02 Å². The molecule has 0 unspecified atom stereocenters. The van der Waals surface area contributed by atoms with Crippen LogP contribution in [0.4, 0.5) is 0 Å². The van der Waals surface area contributed by atoms with Crippen LogP contribution in [0.15, 0.2) is 24.3 Å². The second-order valence-corrected chi connectivity index (χ2v) is 10.2. The molecule has 1 aliphatic rings. The van der Waals surface area contributed by atoms with Crippen LogP contribution in [0.3, 0.4) is 0 Å². The summed E-state index contributed by atoms with van der Waals surface area (Å²) in [4.78, 5) is 11.9. The summed E-state index contributed by atoms with van der Waals surface area (Å²) in [6.07, 6.45) is 0. The summed E-state index contributed by atoms with van der Waals surface area (Å²) in [6.45, 7) is 5.63. The molecule has 144 valence electrons. The Kier molecular flexibility index (Phi) is 7.39. The van der Waals surface area contributed by atoms with E-state index in [4.69, 9.17) is 33.1 Å². The summed E-state index contributed by atoms with van der Waals surface area (Å²) in [5.41, 5.74) is 0. The molecule has 0 aliphatic carbocycles. The van der Waals surface area contributed by atoms with Gasteiger partial charge in [-0.1, -0.05) is 49.4 Å². The van der Waals surface area contributed by atoms with Crippen LogP contribution in [-0.4, -0.2) is 39.9 Å². The first-order valence-electron chi connectivity index (χ1n) is 8.05. The van der Waals surface area contributed by atoms with Crippen LogP contribution >= 0.6 is 43.3 Å². The fourth-order valence-corrected chi connectivity index (χ4v) is 7.18. The first-order valence-corrected chi connectivity index (χ1v) is 11.4. The molecular formula is C16H22ClN2O4PS2. The highest BCUT2D eigenvalue weighted by molar-refractivity contribution is 8.23. The van der Waals surface area contributed by atoms with Gasteiger partial charge in [0, 0.05) is 10.8 Å². The molecular weight excluding hydrogens is 415 g/mol. The highest BCUT2D eigenvalue weighted by Crippen LogP contribution is 2.54. The number of methoxy groups -OCH3 is 1. The lowest BCUT2D eigenvalue weighted by Gasteiger charge is -2.35. The number of carbonyl (C=O) groups excluding carboxylic acids is 1. The van der Waals surface area contributed by atoms with Gasteiger partial charge in [-0.3, -0.25) is 9.46 Å². The first-order chi connectivity index (χ1) is 12.2. The molecule has 3 atom stereocenters. The van der Waals surface area contributed by atoms with Gasteiger partial charge in [0.25, 0.3) is 0 Å². The van der Waals surface area contributed by atoms with Gasteiger partial charge in [0.05, 0.1) is 13.2 Å². The third-order valence-corrected chi connectivity index (χ3v) is 8.15.